The van der Waals surface area contributed by atoms with Crippen LogP contribution in [0, 0.1) is 12.7 Å². The van der Waals surface area contributed by atoms with Crippen LogP contribution in [-0.4, -0.2) is 0 Å². The molecule has 0 radical (unpaired) electrons. The molecule has 98 valence electrons. The summed E-state index contributed by atoms with van der Waals surface area (Å²) in [5.41, 5.74) is 9.25. The molecule has 3 rings (SSSR count). The van der Waals surface area contributed by atoms with E-state index in [9.17, 15) is 4.39 Å². The number of rotatable bonds is 3. The largest absolute Gasteiger partial charge is 0.323 e. The molecule has 0 aromatic heterocycles. The number of hydrogen-bond acceptors (Lipinski definition) is 1. The zero-order chi connectivity index (χ0) is 13.5. The van der Waals surface area contributed by atoms with Crippen molar-refractivity contribution in [2.45, 2.75) is 31.2 Å². The SMILES string of the molecule is Cc1ccc(C(N)C2(c3ccccc3)CC2)cc1F. The third kappa shape index (κ3) is 2.06. The van der Waals surface area contributed by atoms with Crippen LogP contribution in [0.25, 0.3) is 0 Å². The summed E-state index contributed by atoms with van der Waals surface area (Å²) in [6.45, 7) is 1.77. The molecule has 0 spiro atoms. The van der Waals surface area contributed by atoms with Gasteiger partial charge in [0.05, 0.1) is 0 Å². The Balaban J connectivity index is 1.96. The van der Waals surface area contributed by atoms with E-state index in [0.29, 0.717) is 5.56 Å². The van der Waals surface area contributed by atoms with Crippen molar-refractivity contribution in [3.05, 3.63) is 71.0 Å². The van der Waals surface area contributed by atoms with Gasteiger partial charge < -0.3 is 5.73 Å². The molecule has 2 aromatic carbocycles. The summed E-state index contributed by atoms with van der Waals surface area (Å²) < 4.78 is 13.7. The monoisotopic (exact) mass is 255 g/mol. The van der Waals surface area contributed by atoms with Crippen molar-refractivity contribution in [2.75, 3.05) is 0 Å². The summed E-state index contributed by atoms with van der Waals surface area (Å²) in [5, 5.41) is 0. The molecule has 1 unspecified atom stereocenters. The fourth-order valence-corrected chi connectivity index (χ4v) is 2.81. The minimum Gasteiger partial charge on any atom is -0.323 e. The molecule has 1 saturated carbocycles. The quantitative estimate of drug-likeness (QED) is 0.885. The molecular formula is C17H18FN. The smallest absolute Gasteiger partial charge is 0.126 e. The zero-order valence-electron chi connectivity index (χ0n) is 11.1. The van der Waals surface area contributed by atoms with E-state index in [0.717, 1.165) is 18.4 Å². The van der Waals surface area contributed by atoms with E-state index in [1.165, 1.54) is 5.56 Å². The molecule has 1 atom stereocenters. The van der Waals surface area contributed by atoms with Gasteiger partial charge in [-0.1, -0.05) is 42.5 Å². The second-order valence-electron chi connectivity index (χ2n) is 5.51. The maximum absolute atomic E-state index is 13.7. The highest BCUT2D eigenvalue weighted by atomic mass is 19.1. The lowest BCUT2D eigenvalue weighted by Crippen LogP contribution is -2.26. The van der Waals surface area contributed by atoms with Gasteiger partial charge in [-0.2, -0.15) is 0 Å². The topological polar surface area (TPSA) is 26.0 Å². The van der Waals surface area contributed by atoms with Crippen LogP contribution in [-0.2, 0) is 5.41 Å². The lowest BCUT2D eigenvalue weighted by atomic mass is 9.84. The first-order valence-corrected chi connectivity index (χ1v) is 6.71. The summed E-state index contributed by atoms with van der Waals surface area (Å²) in [6, 6.07) is 15.5. The average molecular weight is 255 g/mol. The lowest BCUT2D eigenvalue weighted by molar-refractivity contribution is 0.534. The standard InChI is InChI=1S/C17H18FN/c1-12-7-8-13(11-15(12)18)16(19)17(9-10-17)14-5-3-2-4-6-14/h2-8,11,16H,9-10,19H2,1H3. The van der Waals surface area contributed by atoms with E-state index in [-0.39, 0.29) is 17.3 Å². The van der Waals surface area contributed by atoms with Crippen LogP contribution in [0.4, 0.5) is 4.39 Å². The molecule has 0 heterocycles. The predicted molar refractivity (Wildman–Crippen MR) is 75.4 cm³/mol. The summed E-state index contributed by atoms with van der Waals surface area (Å²) >= 11 is 0. The molecule has 2 heteroatoms. The fourth-order valence-electron chi connectivity index (χ4n) is 2.81. The summed E-state index contributed by atoms with van der Waals surface area (Å²) in [6.07, 6.45) is 2.15. The average Bonchev–Trinajstić information content (AvgIpc) is 3.24. The maximum Gasteiger partial charge on any atom is 0.126 e. The van der Waals surface area contributed by atoms with Crippen molar-refractivity contribution in [2.24, 2.45) is 5.73 Å². The summed E-state index contributed by atoms with van der Waals surface area (Å²) in [7, 11) is 0. The second-order valence-corrected chi connectivity index (χ2v) is 5.51. The van der Waals surface area contributed by atoms with Gasteiger partial charge in [0.25, 0.3) is 0 Å². The van der Waals surface area contributed by atoms with Crippen molar-refractivity contribution in [3.8, 4) is 0 Å². The molecule has 0 bridgehead atoms. The lowest BCUT2D eigenvalue weighted by Gasteiger charge is -2.24. The maximum atomic E-state index is 13.7. The third-order valence-corrected chi connectivity index (χ3v) is 4.29. The zero-order valence-corrected chi connectivity index (χ0v) is 11.1. The first-order valence-electron chi connectivity index (χ1n) is 6.71. The molecule has 1 aliphatic rings. The van der Waals surface area contributed by atoms with Gasteiger partial charge in [0.15, 0.2) is 0 Å². The molecule has 1 aliphatic carbocycles. The van der Waals surface area contributed by atoms with Crippen LogP contribution in [0.15, 0.2) is 48.5 Å². The molecule has 0 amide bonds. The Morgan fingerprint density at radius 1 is 1.11 bits per heavy atom. The first kappa shape index (κ1) is 12.4. The van der Waals surface area contributed by atoms with Crippen molar-refractivity contribution >= 4 is 0 Å². The highest BCUT2D eigenvalue weighted by Gasteiger charge is 2.49. The number of nitrogens with two attached hydrogens (primary N) is 1. The molecule has 0 saturated heterocycles. The van der Waals surface area contributed by atoms with E-state index >= 15 is 0 Å². The van der Waals surface area contributed by atoms with Gasteiger partial charge >= 0.3 is 0 Å². The minimum absolute atomic E-state index is 0.00293. The van der Waals surface area contributed by atoms with E-state index < -0.39 is 0 Å². The molecule has 1 fully saturated rings. The van der Waals surface area contributed by atoms with E-state index in [1.807, 2.05) is 30.3 Å². The molecule has 0 aliphatic heterocycles. The number of aryl methyl sites for hydroxylation is 1. The second kappa shape index (κ2) is 4.46. The summed E-state index contributed by atoms with van der Waals surface area (Å²) in [4.78, 5) is 0. The van der Waals surface area contributed by atoms with Crippen molar-refractivity contribution in [1.29, 1.82) is 0 Å². The third-order valence-electron chi connectivity index (χ3n) is 4.29. The highest BCUT2D eigenvalue weighted by Crippen LogP contribution is 2.55. The van der Waals surface area contributed by atoms with Gasteiger partial charge in [-0.3, -0.25) is 0 Å². The number of benzene rings is 2. The first-order chi connectivity index (χ1) is 9.13. The van der Waals surface area contributed by atoms with Crippen LogP contribution in [0.1, 0.15) is 35.6 Å². The Kier molecular flexibility index (Phi) is 2.90. The van der Waals surface area contributed by atoms with Crippen molar-refractivity contribution in [1.82, 2.24) is 0 Å². The van der Waals surface area contributed by atoms with E-state index in [2.05, 4.69) is 12.1 Å². The summed E-state index contributed by atoms with van der Waals surface area (Å²) in [5.74, 6) is -0.170. The molecular weight excluding hydrogens is 237 g/mol. The van der Waals surface area contributed by atoms with Gasteiger partial charge in [-0.15, -0.1) is 0 Å². The molecule has 19 heavy (non-hydrogen) atoms. The van der Waals surface area contributed by atoms with Crippen LogP contribution in [0.3, 0.4) is 0 Å². The Bertz CT molecular complexity index is 587. The van der Waals surface area contributed by atoms with Crippen molar-refractivity contribution < 1.29 is 4.39 Å². The molecule has 2 N–H and O–H groups in total. The van der Waals surface area contributed by atoms with Gasteiger partial charge in [0.2, 0.25) is 0 Å². The highest BCUT2D eigenvalue weighted by molar-refractivity contribution is 5.39. The van der Waals surface area contributed by atoms with Crippen molar-refractivity contribution in [3.63, 3.8) is 0 Å². The van der Waals surface area contributed by atoms with E-state index in [4.69, 9.17) is 5.73 Å². The van der Waals surface area contributed by atoms with Crippen LogP contribution < -0.4 is 5.73 Å². The molecule has 1 nitrogen and oxygen atoms in total. The Morgan fingerprint density at radius 2 is 1.79 bits per heavy atom. The molecule has 2 aromatic rings. The predicted octanol–water partition coefficient (Wildman–Crippen LogP) is 3.87. The Morgan fingerprint density at radius 3 is 2.37 bits per heavy atom. The minimum atomic E-state index is -0.170. The van der Waals surface area contributed by atoms with Crippen LogP contribution >= 0.6 is 0 Å². The van der Waals surface area contributed by atoms with Gasteiger partial charge in [0.1, 0.15) is 5.82 Å². The number of hydrogen-bond donors (Lipinski definition) is 1. The number of halogens is 1. The van der Waals surface area contributed by atoms with Crippen LogP contribution in [0.2, 0.25) is 0 Å². The normalized spacial score (nSPS) is 18.1. The Hall–Kier alpha value is -1.67. The van der Waals surface area contributed by atoms with Crippen LogP contribution in [0.5, 0.6) is 0 Å². The van der Waals surface area contributed by atoms with Gasteiger partial charge in [-0.25, -0.2) is 4.39 Å². The Labute approximate surface area is 113 Å². The fraction of sp³-hybridized carbons (Fsp3) is 0.294. The van der Waals surface area contributed by atoms with Gasteiger partial charge in [0, 0.05) is 11.5 Å². The van der Waals surface area contributed by atoms with E-state index in [1.54, 1.807) is 13.0 Å². The van der Waals surface area contributed by atoms with Gasteiger partial charge in [-0.05, 0) is 42.5 Å².